The van der Waals surface area contributed by atoms with Gasteiger partial charge in [0.1, 0.15) is 0 Å². The SMILES string of the molecule is CCNC(=NCc1ccc(S(C)(=O)=O)cc1)N1CCc2ccccc2C1. The Bertz CT molecular complexity index is 890. The van der Waals surface area contributed by atoms with E-state index in [1.807, 2.05) is 12.1 Å². The van der Waals surface area contributed by atoms with Crippen LogP contribution in [0.5, 0.6) is 0 Å². The molecule has 0 amide bonds. The summed E-state index contributed by atoms with van der Waals surface area (Å²) in [4.78, 5) is 7.37. The summed E-state index contributed by atoms with van der Waals surface area (Å²) in [5.41, 5.74) is 3.75. The molecule has 2 aromatic rings. The minimum absolute atomic E-state index is 0.338. The third-order valence-corrected chi connectivity index (χ3v) is 5.66. The zero-order chi connectivity index (χ0) is 18.6. The summed E-state index contributed by atoms with van der Waals surface area (Å²) < 4.78 is 23.1. The largest absolute Gasteiger partial charge is 0.356 e. The minimum Gasteiger partial charge on any atom is -0.356 e. The van der Waals surface area contributed by atoms with Crippen LogP contribution in [0.3, 0.4) is 0 Å². The predicted octanol–water partition coefficient (Wildman–Crippen LogP) is 2.61. The first-order chi connectivity index (χ1) is 12.5. The molecule has 1 aliphatic heterocycles. The number of rotatable bonds is 4. The van der Waals surface area contributed by atoms with E-state index in [9.17, 15) is 8.42 Å². The van der Waals surface area contributed by atoms with E-state index < -0.39 is 9.84 Å². The Morgan fingerprint density at radius 2 is 1.81 bits per heavy atom. The van der Waals surface area contributed by atoms with Gasteiger partial charge in [-0.1, -0.05) is 36.4 Å². The van der Waals surface area contributed by atoms with E-state index >= 15 is 0 Å². The number of guanidine groups is 1. The molecule has 2 aromatic carbocycles. The normalized spacial score (nSPS) is 14.8. The first-order valence-corrected chi connectivity index (χ1v) is 10.8. The monoisotopic (exact) mass is 371 g/mol. The van der Waals surface area contributed by atoms with E-state index in [-0.39, 0.29) is 0 Å². The smallest absolute Gasteiger partial charge is 0.194 e. The molecular formula is C20H25N3O2S. The number of hydrogen-bond acceptors (Lipinski definition) is 3. The number of benzene rings is 2. The summed E-state index contributed by atoms with van der Waals surface area (Å²) in [7, 11) is -3.16. The van der Waals surface area contributed by atoms with Crippen LogP contribution in [0.2, 0.25) is 0 Å². The maximum absolute atomic E-state index is 11.6. The van der Waals surface area contributed by atoms with Gasteiger partial charge in [0.05, 0.1) is 11.4 Å². The Morgan fingerprint density at radius 1 is 1.12 bits per heavy atom. The van der Waals surface area contributed by atoms with Crippen molar-refractivity contribution in [3.63, 3.8) is 0 Å². The van der Waals surface area contributed by atoms with E-state index in [4.69, 9.17) is 4.99 Å². The molecule has 0 fully saturated rings. The molecule has 0 bridgehead atoms. The van der Waals surface area contributed by atoms with Gasteiger partial charge >= 0.3 is 0 Å². The summed E-state index contributed by atoms with van der Waals surface area (Å²) in [6.45, 7) is 5.19. The van der Waals surface area contributed by atoms with E-state index in [2.05, 4.69) is 41.4 Å². The van der Waals surface area contributed by atoms with Crippen molar-refractivity contribution in [1.82, 2.24) is 10.2 Å². The molecule has 0 radical (unpaired) electrons. The number of hydrogen-bond donors (Lipinski definition) is 1. The molecule has 5 nitrogen and oxygen atoms in total. The highest BCUT2D eigenvalue weighted by atomic mass is 32.2. The molecule has 3 rings (SSSR count). The van der Waals surface area contributed by atoms with Crippen LogP contribution in [-0.4, -0.2) is 38.6 Å². The number of nitrogens with one attached hydrogen (secondary N) is 1. The number of fused-ring (bicyclic) bond motifs is 1. The lowest BCUT2D eigenvalue weighted by atomic mass is 10.0. The Labute approximate surface area is 155 Å². The minimum atomic E-state index is -3.16. The van der Waals surface area contributed by atoms with Crippen LogP contribution < -0.4 is 5.32 Å². The summed E-state index contributed by atoms with van der Waals surface area (Å²) in [6, 6.07) is 15.5. The second-order valence-corrected chi connectivity index (χ2v) is 8.54. The molecule has 0 spiro atoms. The number of sulfone groups is 1. The molecule has 0 saturated carbocycles. The van der Waals surface area contributed by atoms with Crippen molar-refractivity contribution in [2.75, 3.05) is 19.3 Å². The highest BCUT2D eigenvalue weighted by Gasteiger charge is 2.18. The van der Waals surface area contributed by atoms with Crippen LogP contribution in [-0.2, 0) is 29.3 Å². The molecule has 0 unspecified atom stereocenters. The van der Waals surface area contributed by atoms with Crippen LogP contribution in [0.25, 0.3) is 0 Å². The first-order valence-electron chi connectivity index (χ1n) is 8.86. The van der Waals surface area contributed by atoms with Crippen LogP contribution in [0.1, 0.15) is 23.6 Å². The topological polar surface area (TPSA) is 61.8 Å². The van der Waals surface area contributed by atoms with Crippen LogP contribution >= 0.6 is 0 Å². The lowest BCUT2D eigenvalue weighted by Crippen LogP contribution is -2.44. The molecule has 1 N–H and O–H groups in total. The van der Waals surface area contributed by atoms with E-state index in [1.165, 1.54) is 17.4 Å². The molecule has 0 aliphatic carbocycles. The molecule has 0 atom stereocenters. The van der Waals surface area contributed by atoms with Gasteiger partial charge in [-0.3, -0.25) is 0 Å². The van der Waals surface area contributed by atoms with Crippen molar-refractivity contribution in [3.8, 4) is 0 Å². The molecule has 6 heteroatoms. The Morgan fingerprint density at radius 3 is 2.46 bits per heavy atom. The maximum Gasteiger partial charge on any atom is 0.194 e. The summed E-state index contributed by atoms with van der Waals surface area (Å²) >= 11 is 0. The van der Waals surface area contributed by atoms with E-state index in [0.717, 1.165) is 37.6 Å². The molecule has 1 aliphatic rings. The lowest BCUT2D eigenvalue weighted by Gasteiger charge is -2.31. The van der Waals surface area contributed by atoms with Gasteiger partial charge in [-0.25, -0.2) is 13.4 Å². The van der Waals surface area contributed by atoms with Crippen molar-refractivity contribution >= 4 is 15.8 Å². The fourth-order valence-corrected chi connectivity index (χ4v) is 3.74. The average molecular weight is 372 g/mol. The number of nitrogens with zero attached hydrogens (tertiary/aromatic N) is 2. The van der Waals surface area contributed by atoms with E-state index in [0.29, 0.717) is 11.4 Å². The zero-order valence-electron chi connectivity index (χ0n) is 15.3. The highest BCUT2D eigenvalue weighted by Crippen LogP contribution is 2.19. The fourth-order valence-electron chi connectivity index (χ4n) is 3.11. The van der Waals surface area contributed by atoms with Crippen LogP contribution in [0, 0.1) is 0 Å². The van der Waals surface area contributed by atoms with Crippen molar-refractivity contribution in [2.24, 2.45) is 4.99 Å². The highest BCUT2D eigenvalue weighted by molar-refractivity contribution is 7.90. The Hall–Kier alpha value is -2.34. The Kier molecular flexibility index (Phi) is 5.61. The van der Waals surface area contributed by atoms with Crippen molar-refractivity contribution in [3.05, 3.63) is 65.2 Å². The third-order valence-electron chi connectivity index (χ3n) is 4.53. The predicted molar refractivity (Wildman–Crippen MR) is 105 cm³/mol. The van der Waals surface area contributed by atoms with Crippen LogP contribution in [0.4, 0.5) is 0 Å². The summed E-state index contributed by atoms with van der Waals surface area (Å²) in [6.07, 6.45) is 2.24. The van der Waals surface area contributed by atoms with Gasteiger partial charge in [-0.2, -0.15) is 0 Å². The van der Waals surface area contributed by atoms with Crippen molar-refractivity contribution < 1.29 is 8.42 Å². The molecule has 138 valence electrons. The summed E-state index contributed by atoms with van der Waals surface area (Å²) in [5.74, 6) is 0.897. The third kappa shape index (κ3) is 4.43. The zero-order valence-corrected chi connectivity index (χ0v) is 16.1. The molecular weight excluding hydrogens is 346 g/mol. The number of aliphatic imine (C=N–C) groups is 1. The summed E-state index contributed by atoms with van der Waals surface area (Å²) in [5, 5.41) is 3.37. The van der Waals surface area contributed by atoms with Gasteiger partial charge in [-0.15, -0.1) is 0 Å². The van der Waals surface area contributed by atoms with Gasteiger partial charge in [-0.05, 0) is 42.2 Å². The quantitative estimate of drug-likeness (QED) is 0.663. The first kappa shape index (κ1) is 18.5. The second kappa shape index (κ2) is 7.91. The molecule has 26 heavy (non-hydrogen) atoms. The van der Waals surface area contributed by atoms with Crippen molar-refractivity contribution in [2.45, 2.75) is 31.3 Å². The fraction of sp³-hybridized carbons (Fsp3) is 0.350. The van der Waals surface area contributed by atoms with Gasteiger partial charge in [0.2, 0.25) is 0 Å². The van der Waals surface area contributed by atoms with Crippen LogP contribution in [0.15, 0.2) is 58.4 Å². The molecule has 0 aromatic heterocycles. The van der Waals surface area contributed by atoms with Gasteiger partial charge in [0.25, 0.3) is 0 Å². The average Bonchev–Trinajstić information content (AvgIpc) is 2.64. The van der Waals surface area contributed by atoms with Gasteiger partial charge in [0, 0.05) is 25.9 Å². The molecule has 1 heterocycles. The standard InChI is InChI=1S/C20H25N3O2S/c1-3-21-20(23-13-12-17-6-4-5-7-18(17)15-23)22-14-16-8-10-19(11-9-16)26(2,24)25/h4-11H,3,12-15H2,1-2H3,(H,21,22). The van der Waals surface area contributed by atoms with Gasteiger partial charge in [0.15, 0.2) is 15.8 Å². The van der Waals surface area contributed by atoms with E-state index in [1.54, 1.807) is 12.1 Å². The Balaban J connectivity index is 1.74. The maximum atomic E-state index is 11.6. The lowest BCUT2D eigenvalue weighted by molar-refractivity contribution is 0.378. The second-order valence-electron chi connectivity index (χ2n) is 6.53. The molecule has 0 saturated heterocycles. The van der Waals surface area contributed by atoms with Gasteiger partial charge < -0.3 is 10.2 Å². The van der Waals surface area contributed by atoms with Crippen molar-refractivity contribution in [1.29, 1.82) is 0 Å².